The molecule has 2 aromatic carbocycles. The van der Waals surface area contributed by atoms with Gasteiger partial charge in [-0.05, 0) is 54.7 Å². The molecular formula is C26H37NO5Si. The van der Waals surface area contributed by atoms with Gasteiger partial charge in [-0.2, -0.15) is 0 Å². The lowest BCUT2D eigenvalue weighted by Crippen LogP contribution is -2.50. The number of amides is 1. The molecule has 0 aliphatic carbocycles. The van der Waals surface area contributed by atoms with Gasteiger partial charge in [0.15, 0.2) is 0 Å². The molecule has 2 N–H and O–H groups in total. The van der Waals surface area contributed by atoms with Crippen LogP contribution in [0, 0.1) is 0 Å². The zero-order chi connectivity index (χ0) is 24.3. The number of rotatable bonds is 9. The molecule has 0 bridgehead atoms. The Balaban J connectivity index is 1.64. The van der Waals surface area contributed by atoms with Gasteiger partial charge in [0.25, 0.3) is 0 Å². The Morgan fingerprint density at radius 3 is 2.27 bits per heavy atom. The lowest BCUT2D eigenvalue weighted by atomic mass is 9.93. The van der Waals surface area contributed by atoms with Gasteiger partial charge in [-0.25, -0.2) is 4.79 Å². The molecule has 0 radical (unpaired) electrons. The van der Waals surface area contributed by atoms with E-state index in [1.54, 1.807) is 0 Å². The van der Waals surface area contributed by atoms with Crippen LogP contribution < -0.4 is 9.74 Å². The molecule has 1 aliphatic rings. The number of alkyl carbamates (subject to hydrolysis) is 1. The van der Waals surface area contributed by atoms with Gasteiger partial charge in [-0.1, -0.05) is 63.2 Å². The van der Waals surface area contributed by atoms with Gasteiger partial charge in [0.05, 0.1) is 12.6 Å². The van der Waals surface area contributed by atoms with Gasteiger partial charge in [-0.15, -0.1) is 0 Å². The molecule has 0 spiro atoms. The van der Waals surface area contributed by atoms with E-state index in [0.717, 1.165) is 16.9 Å². The molecule has 6 nitrogen and oxygen atoms in total. The molecule has 3 atom stereocenters. The SMILES string of the molecule is CC1([C@H](O)[C@H](Cc2ccc(O[Si](C)(C)C(C)(C)C)cc2)NC(=O)OCc2ccccc2)CO1. The van der Waals surface area contributed by atoms with Crippen molar-refractivity contribution in [1.82, 2.24) is 5.32 Å². The molecule has 33 heavy (non-hydrogen) atoms. The Morgan fingerprint density at radius 2 is 1.73 bits per heavy atom. The third-order valence-electron chi connectivity index (χ3n) is 6.68. The van der Waals surface area contributed by atoms with Gasteiger partial charge >= 0.3 is 6.09 Å². The number of aliphatic hydroxyl groups is 1. The van der Waals surface area contributed by atoms with Crippen LogP contribution in [0.25, 0.3) is 0 Å². The largest absolute Gasteiger partial charge is 0.544 e. The van der Waals surface area contributed by atoms with Crippen LogP contribution in [-0.4, -0.2) is 43.9 Å². The summed E-state index contributed by atoms with van der Waals surface area (Å²) in [7, 11) is -1.92. The molecule has 1 saturated heterocycles. The van der Waals surface area contributed by atoms with Crippen molar-refractivity contribution >= 4 is 14.4 Å². The lowest BCUT2D eigenvalue weighted by Gasteiger charge is -2.36. The Hall–Kier alpha value is -2.35. The minimum Gasteiger partial charge on any atom is -0.544 e. The highest BCUT2D eigenvalue weighted by Gasteiger charge is 2.50. The van der Waals surface area contributed by atoms with Crippen LogP contribution >= 0.6 is 0 Å². The maximum atomic E-state index is 12.5. The number of carbonyl (C=O) groups excluding carboxylic acids is 1. The third kappa shape index (κ3) is 6.82. The minimum atomic E-state index is -1.92. The van der Waals surface area contributed by atoms with Crippen molar-refractivity contribution in [2.24, 2.45) is 0 Å². The van der Waals surface area contributed by atoms with E-state index >= 15 is 0 Å². The number of nitrogens with one attached hydrogen (secondary N) is 1. The normalized spacial score (nSPS) is 20.0. The van der Waals surface area contributed by atoms with Crippen molar-refractivity contribution in [2.75, 3.05) is 6.61 Å². The highest BCUT2D eigenvalue weighted by Crippen LogP contribution is 2.37. The molecule has 1 aliphatic heterocycles. The first-order valence-electron chi connectivity index (χ1n) is 11.5. The van der Waals surface area contributed by atoms with E-state index < -0.39 is 32.2 Å². The number of epoxide rings is 1. The van der Waals surface area contributed by atoms with Gasteiger partial charge in [-0.3, -0.25) is 0 Å². The first-order valence-corrected chi connectivity index (χ1v) is 14.4. The van der Waals surface area contributed by atoms with Gasteiger partial charge < -0.3 is 24.3 Å². The first kappa shape index (κ1) is 25.3. The zero-order valence-corrected chi connectivity index (χ0v) is 21.6. The zero-order valence-electron chi connectivity index (χ0n) is 20.6. The topological polar surface area (TPSA) is 80.3 Å². The summed E-state index contributed by atoms with van der Waals surface area (Å²) in [6.07, 6.45) is -0.976. The van der Waals surface area contributed by atoms with Crippen molar-refractivity contribution in [3.05, 3.63) is 65.7 Å². The smallest absolute Gasteiger partial charge is 0.407 e. The van der Waals surface area contributed by atoms with Crippen molar-refractivity contribution in [3.63, 3.8) is 0 Å². The van der Waals surface area contributed by atoms with Crippen molar-refractivity contribution < 1.29 is 23.8 Å². The van der Waals surface area contributed by atoms with E-state index in [-0.39, 0.29) is 11.6 Å². The van der Waals surface area contributed by atoms with Crippen LogP contribution in [0.15, 0.2) is 54.6 Å². The fraction of sp³-hybridized carbons (Fsp3) is 0.500. The number of hydrogen-bond acceptors (Lipinski definition) is 5. The number of carbonyl (C=O) groups is 1. The van der Waals surface area contributed by atoms with Crippen molar-refractivity contribution in [2.45, 2.75) is 76.6 Å². The summed E-state index contributed by atoms with van der Waals surface area (Å²) in [6, 6.07) is 16.8. The second kappa shape index (κ2) is 9.87. The van der Waals surface area contributed by atoms with Gasteiger partial charge in [0.2, 0.25) is 8.32 Å². The Kier molecular flexibility index (Phi) is 7.56. The minimum absolute atomic E-state index is 0.116. The third-order valence-corrected chi connectivity index (χ3v) is 11.0. The van der Waals surface area contributed by atoms with E-state index in [0.29, 0.717) is 13.0 Å². The van der Waals surface area contributed by atoms with Crippen LogP contribution in [0.3, 0.4) is 0 Å². The standard InChI is InChI=1S/C26H37NO5Si/c1-25(2,3)33(5,6)32-21-14-12-19(13-15-21)16-22(23(28)26(4)18-31-26)27-24(29)30-17-20-10-8-7-9-11-20/h7-15,22-23,28H,16-18H2,1-6H3,(H,27,29)/t22-,23+,26?/m0/s1. The number of ether oxygens (including phenoxy) is 2. The second-order valence-corrected chi connectivity index (χ2v) is 15.3. The predicted octanol–water partition coefficient (Wildman–Crippen LogP) is 5.06. The molecular weight excluding hydrogens is 434 g/mol. The summed E-state index contributed by atoms with van der Waals surface area (Å²) in [5, 5.41) is 13.8. The van der Waals surface area contributed by atoms with Crippen molar-refractivity contribution in [3.8, 4) is 5.75 Å². The molecule has 1 heterocycles. The highest BCUT2D eigenvalue weighted by atomic mass is 28.4. The summed E-state index contributed by atoms with van der Waals surface area (Å²) in [4.78, 5) is 12.5. The first-order chi connectivity index (χ1) is 15.4. The number of hydrogen-bond donors (Lipinski definition) is 2. The van der Waals surface area contributed by atoms with Crippen LogP contribution in [0.2, 0.25) is 18.1 Å². The summed E-state index contributed by atoms with van der Waals surface area (Å²) < 4.78 is 17.2. The fourth-order valence-electron chi connectivity index (χ4n) is 3.26. The van der Waals surface area contributed by atoms with Crippen molar-refractivity contribution in [1.29, 1.82) is 0 Å². The van der Waals surface area contributed by atoms with Crippen LogP contribution in [0.5, 0.6) is 5.75 Å². The van der Waals surface area contributed by atoms with E-state index in [1.165, 1.54) is 0 Å². The van der Waals surface area contributed by atoms with E-state index in [4.69, 9.17) is 13.9 Å². The predicted molar refractivity (Wildman–Crippen MR) is 132 cm³/mol. The van der Waals surface area contributed by atoms with Crippen LogP contribution in [0.1, 0.15) is 38.8 Å². The monoisotopic (exact) mass is 471 g/mol. The average molecular weight is 472 g/mol. The number of benzene rings is 2. The molecule has 0 saturated carbocycles. The fourth-order valence-corrected chi connectivity index (χ4v) is 4.29. The highest BCUT2D eigenvalue weighted by molar-refractivity contribution is 6.74. The molecule has 2 aromatic rings. The summed E-state index contributed by atoms with van der Waals surface area (Å²) in [5.74, 6) is 0.843. The Labute approximate surface area is 198 Å². The Morgan fingerprint density at radius 1 is 1.12 bits per heavy atom. The molecule has 0 aromatic heterocycles. The molecule has 7 heteroatoms. The van der Waals surface area contributed by atoms with Crippen LogP contribution in [0.4, 0.5) is 4.79 Å². The van der Waals surface area contributed by atoms with E-state index in [1.807, 2.05) is 61.5 Å². The Bertz CT molecular complexity index is 920. The molecule has 1 fully saturated rings. The summed E-state index contributed by atoms with van der Waals surface area (Å²) >= 11 is 0. The average Bonchev–Trinajstić information content (AvgIpc) is 3.51. The number of aliphatic hydroxyl groups excluding tert-OH is 1. The lowest BCUT2D eigenvalue weighted by molar-refractivity contribution is 0.0469. The van der Waals surface area contributed by atoms with Crippen LogP contribution in [-0.2, 0) is 22.5 Å². The summed E-state index contributed by atoms with van der Waals surface area (Å²) in [6.45, 7) is 13.5. The molecule has 180 valence electrons. The summed E-state index contributed by atoms with van der Waals surface area (Å²) in [5.41, 5.74) is 1.23. The molecule has 1 unspecified atom stereocenters. The quantitative estimate of drug-likeness (QED) is 0.395. The second-order valence-electron chi connectivity index (χ2n) is 10.6. The molecule has 1 amide bonds. The van der Waals surface area contributed by atoms with Gasteiger partial charge in [0, 0.05) is 0 Å². The van der Waals surface area contributed by atoms with Gasteiger partial charge in [0.1, 0.15) is 24.1 Å². The van der Waals surface area contributed by atoms with E-state index in [2.05, 4.69) is 39.2 Å². The van der Waals surface area contributed by atoms with E-state index in [9.17, 15) is 9.90 Å². The molecule has 3 rings (SSSR count). The maximum Gasteiger partial charge on any atom is 0.407 e. The maximum absolute atomic E-state index is 12.5.